The average molecular weight is 338 g/mol. The summed E-state index contributed by atoms with van der Waals surface area (Å²) in [6, 6.07) is 14.6. The first-order valence-corrected chi connectivity index (χ1v) is 7.79. The van der Waals surface area contributed by atoms with Gasteiger partial charge in [-0.1, -0.05) is 29.8 Å². The SMILES string of the molecule is Cc1cccc(-c2ncccc2CNC(=O)c2ccc(F)c(F)c2)c1. The first kappa shape index (κ1) is 16.8. The molecule has 1 amide bonds. The van der Waals surface area contributed by atoms with Crippen molar-refractivity contribution in [2.45, 2.75) is 13.5 Å². The van der Waals surface area contributed by atoms with Crippen molar-refractivity contribution < 1.29 is 13.6 Å². The summed E-state index contributed by atoms with van der Waals surface area (Å²) in [7, 11) is 0. The van der Waals surface area contributed by atoms with Crippen LogP contribution in [-0.4, -0.2) is 10.9 Å². The molecule has 3 aromatic rings. The van der Waals surface area contributed by atoms with Gasteiger partial charge in [0.15, 0.2) is 11.6 Å². The number of aromatic nitrogens is 1. The minimum absolute atomic E-state index is 0.0693. The standard InChI is InChI=1S/C20H16F2N2O/c1-13-4-2-5-14(10-13)19-16(6-3-9-23-19)12-24-20(25)15-7-8-17(21)18(22)11-15/h2-11H,12H2,1H3,(H,24,25). The summed E-state index contributed by atoms with van der Waals surface area (Å²) in [4.78, 5) is 16.6. The molecule has 3 nitrogen and oxygen atoms in total. The van der Waals surface area contributed by atoms with Gasteiger partial charge in [-0.3, -0.25) is 9.78 Å². The lowest BCUT2D eigenvalue weighted by molar-refractivity contribution is 0.0950. The summed E-state index contributed by atoms with van der Waals surface area (Å²) >= 11 is 0. The number of hydrogen-bond acceptors (Lipinski definition) is 2. The fourth-order valence-corrected chi connectivity index (χ4v) is 2.55. The van der Waals surface area contributed by atoms with Crippen molar-refractivity contribution in [3.63, 3.8) is 0 Å². The van der Waals surface area contributed by atoms with Crippen molar-refractivity contribution in [2.75, 3.05) is 0 Å². The smallest absolute Gasteiger partial charge is 0.251 e. The van der Waals surface area contributed by atoms with Crippen molar-refractivity contribution in [1.29, 1.82) is 0 Å². The first-order chi connectivity index (χ1) is 12.0. The zero-order valence-electron chi connectivity index (χ0n) is 13.6. The largest absolute Gasteiger partial charge is 0.348 e. The predicted octanol–water partition coefficient (Wildman–Crippen LogP) is 4.27. The number of pyridine rings is 1. The summed E-state index contributed by atoms with van der Waals surface area (Å²) in [6.07, 6.45) is 1.69. The van der Waals surface area contributed by atoms with E-state index in [1.807, 2.05) is 37.3 Å². The fraction of sp³-hybridized carbons (Fsp3) is 0.100. The number of benzene rings is 2. The van der Waals surface area contributed by atoms with Crippen LogP contribution in [0.5, 0.6) is 0 Å². The maximum Gasteiger partial charge on any atom is 0.251 e. The Kier molecular flexibility index (Phi) is 4.84. The van der Waals surface area contributed by atoms with Gasteiger partial charge in [-0.2, -0.15) is 0 Å². The van der Waals surface area contributed by atoms with Crippen LogP contribution in [-0.2, 0) is 6.54 Å². The lowest BCUT2D eigenvalue weighted by Gasteiger charge is -2.11. The molecule has 0 saturated carbocycles. The van der Waals surface area contributed by atoms with Crippen LogP contribution in [0, 0.1) is 18.6 Å². The lowest BCUT2D eigenvalue weighted by Crippen LogP contribution is -2.23. The van der Waals surface area contributed by atoms with E-state index in [9.17, 15) is 13.6 Å². The van der Waals surface area contributed by atoms with Gasteiger partial charge in [-0.25, -0.2) is 8.78 Å². The number of rotatable bonds is 4. The minimum atomic E-state index is -1.05. The van der Waals surface area contributed by atoms with E-state index in [4.69, 9.17) is 0 Å². The molecule has 0 aliphatic rings. The monoisotopic (exact) mass is 338 g/mol. The summed E-state index contributed by atoms with van der Waals surface area (Å²) in [5.41, 5.74) is 3.75. The Morgan fingerprint density at radius 2 is 1.88 bits per heavy atom. The second kappa shape index (κ2) is 7.21. The summed E-state index contributed by atoms with van der Waals surface area (Å²) in [6.45, 7) is 2.23. The van der Waals surface area contributed by atoms with Crippen LogP contribution in [0.25, 0.3) is 11.3 Å². The van der Waals surface area contributed by atoms with Gasteiger partial charge in [0.25, 0.3) is 5.91 Å². The van der Waals surface area contributed by atoms with Crippen molar-refractivity contribution >= 4 is 5.91 Å². The van der Waals surface area contributed by atoms with Crippen LogP contribution in [0.4, 0.5) is 8.78 Å². The van der Waals surface area contributed by atoms with Gasteiger partial charge in [0.05, 0.1) is 5.69 Å². The number of nitrogens with one attached hydrogen (secondary N) is 1. The third kappa shape index (κ3) is 3.88. The normalized spacial score (nSPS) is 10.5. The topological polar surface area (TPSA) is 42.0 Å². The molecule has 0 radical (unpaired) electrons. The third-order valence-electron chi connectivity index (χ3n) is 3.80. The number of carbonyl (C=O) groups is 1. The number of hydrogen-bond donors (Lipinski definition) is 1. The van der Waals surface area contributed by atoms with E-state index < -0.39 is 17.5 Å². The molecule has 0 bridgehead atoms. The Bertz CT molecular complexity index is 925. The van der Waals surface area contributed by atoms with E-state index >= 15 is 0 Å². The molecule has 0 fully saturated rings. The molecule has 25 heavy (non-hydrogen) atoms. The Balaban J connectivity index is 1.80. The highest BCUT2D eigenvalue weighted by atomic mass is 19.2. The first-order valence-electron chi connectivity index (χ1n) is 7.79. The molecule has 1 aromatic heterocycles. The maximum atomic E-state index is 13.3. The number of halogens is 2. The molecule has 3 rings (SSSR count). The number of carbonyl (C=O) groups excluding carboxylic acids is 1. The molecule has 0 atom stereocenters. The van der Waals surface area contributed by atoms with E-state index in [1.54, 1.807) is 12.3 Å². The summed E-state index contributed by atoms with van der Waals surface area (Å²) < 4.78 is 26.2. The zero-order chi connectivity index (χ0) is 17.8. The number of nitrogens with zero attached hydrogens (tertiary/aromatic N) is 1. The van der Waals surface area contributed by atoms with Gasteiger partial charge in [0, 0.05) is 23.9 Å². The van der Waals surface area contributed by atoms with E-state index in [-0.39, 0.29) is 12.1 Å². The van der Waals surface area contributed by atoms with Crippen LogP contribution in [0.2, 0.25) is 0 Å². The van der Waals surface area contributed by atoms with Crippen LogP contribution < -0.4 is 5.32 Å². The summed E-state index contributed by atoms with van der Waals surface area (Å²) in [5.74, 6) is -2.50. The van der Waals surface area contributed by atoms with Gasteiger partial charge >= 0.3 is 0 Å². The molecular weight excluding hydrogens is 322 g/mol. The summed E-state index contributed by atoms with van der Waals surface area (Å²) in [5, 5.41) is 2.72. The van der Waals surface area contributed by atoms with E-state index in [0.29, 0.717) is 0 Å². The van der Waals surface area contributed by atoms with Crippen molar-refractivity contribution in [1.82, 2.24) is 10.3 Å². The van der Waals surface area contributed by atoms with E-state index in [1.165, 1.54) is 6.07 Å². The Morgan fingerprint density at radius 3 is 2.64 bits per heavy atom. The molecule has 1 heterocycles. The molecule has 0 spiro atoms. The molecule has 0 aliphatic carbocycles. The van der Waals surface area contributed by atoms with Crippen molar-refractivity contribution in [3.8, 4) is 11.3 Å². The van der Waals surface area contributed by atoms with E-state index in [0.717, 1.165) is 34.5 Å². The number of amides is 1. The molecule has 0 unspecified atom stereocenters. The second-order valence-corrected chi connectivity index (χ2v) is 5.69. The van der Waals surface area contributed by atoms with Crippen LogP contribution in [0.15, 0.2) is 60.8 Å². The lowest BCUT2D eigenvalue weighted by atomic mass is 10.0. The molecular formula is C20H16F2N2O. The van der Waals surface area contributed by atoms with Crippen molar-refractivity contribution in [3.05, 3.63) is 89.1 Å². The van der Waals surface area contributed by atoms with Crippen LogP contribution >= 0.6 is 0 Å². The Labute approximate surface area is 144 Å². The quantitative estimate of drug-likeness (QED) is 0.772. The zero-order valence-corrected chi connectivity index (χ0v) is 13.6. The highest BCUT2D eigenvalue weighted by molar-refractivity contribution is 5.94. The highest BCUT2D eigenvalue weighted by Gasteiger charge is 2.11. The molecule has 1 N–H and O–H groups in total. The molecule has 0 aliphatic heterocycles. The Hall–Kier alpha value is -3.08. The van der Waals surface area contributed by atoms with Gasteiger partial charge in [-0.05, 0) is 42.8 Å². The second-order valence-electron chi connectivity index (χ2n) is 5.69. The molecule has 126 valence electrons. The molecule has 2 aromatic carbocycles. The fourth-order valence-electron chi connectivity index (χ4n) is 2.55. The molecule has 5 heteroatoms. The van der Waals surface area contributed by atoms with Gasteiger partial charge < -0.3 is 5.32 Å². The molecule has 0 saturated heterocycles. The Morgan fingerprint density at radius 1 is 1.04 bits per heavy atom. The van der Waals surface area contributed by atoms with Crippen molar-refractivity contribution in [2.24, 2.45) is 0 Å². The minimum Gasteiger partial charge on any atom is -0.348 e. The average Bonchev–Trinajstić information content (AvgIpc) is 2.62. The highest BCUT2D eigenvalue weighted by Crippen LogP contribution is 2.22. The maximum absolute atomic E-state index is 13.3. The van der Waals surface area contributed by atoms with Gasteiger partial charge in [0.1, 0.15) is 0 Å². The van der Waals surface area contributed by atoms with Crippen LogP contribution in [0.3, 0.4) is 0 Å². The van der Waals surface area contributed by atoms with Crippen LogP contribution in [0.1, 0.15) is 21.5 Å². The van der Waals surface area contributed by atoms with Gasteiger partial charge in [-0.15, -0.1) is 0 Å². The number of aryl methyl sites for hydroxylation is 1. The third-order valence-corrected chi connectivity index (χ3v) is 3.80. The van der Waals surface area contributed by atoms with E-state index in [2.05, 4.69) is 10.3 Å². The predicted molar refractivity (Wildman–Crippen MR) is 91.9 cm³/mol. The van der Waals surface area contributed by atoms with Gasteiger partial charge in [0.2, 0.25) is 0 Å².